The van der Waals surface area contributed by atoms with Crippen molar-refractivity contribution < 1.29 is 8.81 Å². The Labute approximate surface area is 145 Å². The molecule has 6 heteroatoms. The smallest absolute Gasteiger partial charge is 0.225 e. The fraction of sp³-hybridized carbons (Fsp3) is 0.316. The highest BCUT2D eigenvalue weighted by Crippen LogP contribution is 2.28. The lowest BCUT2D eigenvalue weighted by molar-refractivity contribution is 0.383. The van der Waals surface area contributed by atoms with Gasteiger partial charge in [0.1, 0.15) is 11.6 Å². The van der Waals surface area contributed by atoms with Gasteiger partial charge in [0.15, 0.2) is 5.89 Å². The average Bonchev–Trinajstić information content (AvgIpc) is 3.11. The molecule has 1 atom stereocenters. The van der Waals surface area contributed by atoms with Crippen molar-refractivity contribution in [2.75, 3.05) is 18.0 Å². The van der Waals surface area contributed by atoms with E-state index in [9.17, 15) is 4.39 Å². The number of hydrogen-bond acceptors (Lipinski definition) is 5. The molecule has 0 aliphatic carbocycles. The Kier molecular flexibility index (Phi) is 4.41. The summed E-state index contributed by atoms with van der Waals surface area (Å²) in [5, 5.41) is 0. The van der Waals surface area contributed by atoms with Gasteiger partial charge in [-0.05, 0) is 36.6 Å². The number of benzene rings is 1. The van der Waals surface area contributed by atoms with Crippen LogP contribution in [0.25, 0.3) is 0 Å². The number of hydrogen-bond donors (Lipinski definition) is 0. The third-order valence-electron chi connectivity index (χ3n) is 4.44. The number of piperidine rings is 1. The minimum atomic E-state index is -0.233. The second-order valence-electron chi connectivity index (χ2n) is 6.31. The van der Waals surface area contributed by atoms with Crippen molar-refractivity contribution in [3.8, 4) is 0 Å². The van der Waals surface area contributed by atoms with E-state index in [0.717, 1.165) is 49.1 Å². The van der Waals surface area contributed by atoms with Crippen LogP contribution in [0.15, 0.2) is 53.3 Å². The summed E-state index contributed by atoms with van der Waals surface area (Å²) in [6.45, 7) is 1.74. The van der Waals surface area contributed by atoms with Crippen molar-refractivity contribution in [2.45, 2.75) is 25.2 Å². The molecule has 1 fully saturated rings. The fourth-order valence-corrected chi connectivity index (χ4v) is 3.26. The molecule has 1 aromatic carbocycles. The normalized spacial score (nSPS) is 17.6. The van der Waals surface area contributed by atoms with Crippen LogP contribution in [-0.4, -0.2) is 28.0 Å². The van der Waals surface area contributed by atoms with Gasteiger partial charge in [0.2, 0.25) is 5.95 Å². The van der Waals surface area contributed by atoms with Crippen molar-refractivity contribution in [1.82, 2.24) is 15.0 Å². The van der Waals surface area contributed by atoms with Gasteiger partial charge < -0.3 is 9.32 Å². The number of aromatic nitrogens is 3. The maximum atomic E-state index is 13.3. The van der Waals surface area contributed by atoms with Crippen molar-refractivity contribution in [2.24, 2.45) is 0 Å². The molecular formula is C19H19FN4O. The Morgan fingerprint density at radius 3 is 2.88 bits per heavy atom. The van der Waals surface area contributed by atoms with Gasteiger partial charge in [-0.15, -0.1) is 0 Å². The van der Waals surface area contributed by atoms with Crippen LogP contribution in [0, 0.1) is 5.82 Å². The van der Waals surface area contributed by atoms with Gasteiger partial charge in [-0.1, -0.05) is 12.1 Å². The highest BCUT2D eigenvalue weighted by molar-refractivity contribution is 5.30. The Hall–Kier alpha value is -2.76. The van der Waals surface area contributed by atoms with Gasteiger partial charge in [0, 0.05) is 31.9 Å². The van der Waals surface area contributed by atoms with E-state index in [2.05, 4.69) is 19.9 Å². The van der Waals surface area contributed by atoms with E-state index >= 15 is 0 Å². The topological polar surface area (TPSA) is 55.1 Å². The first-order valence-electron chi connectivity index (χ1n) is 8.49. The molecule has 1 saturated heterocycles. The standard InChI is InChI=1S/C19H19FN4O/c20-16-6-1-4-14(10-16)11-17-12-23-18(25-17)15-5-2-9-24(13-15)19-21-7-3-8-22-19/h1,3-4,6-8,10,12,15H,2,5,9,11,13H2/t15-/m1/s1. The zero-order valence-electron chi connectivity index (χ0n) is 13.8. The van der Waals surface area contributed by atoms with E-state index in [1.165, 1.54) is 12.1 Å². The Morgan fingerprint density at radius 1 is 1.16 bits per heavy atom. The average molecular weight is 338 g/mol. The van der Waals surface area contributed by atoms with Gasteiger partial charge in [-0.2, -0.15) is 0 Å². The highest BCUT2D eigenvalue weighted by atomic mass is 19.1. The van der Waals surface area contributed by atoms with Gasteiger partial charge in [0.25, 0.3) is 0 Å². The van der Waals surface area contributed by atoms with Crippen LogP contribution in [0.5, 0.6) is 0 Å². The minimum Gasteiger partial charge on any atom is -0.445 e. The van der Waals surface area contributed by atoms with Crippen molar-refractivity contribution in [1.29, 1.82) is 0 Å². The van der Waals surface area contributed by atoms with E-state index in [0.29, 0.717) is 6.42 Å². The van der Waals surface area contributed by atoms with Crippen LogP contribution in [-0.2, 0) is 6.42 Å². The zero-order chi connectivity index (χ0) is 17.1. The van der Waals surface area contributed by atoms with Crippen LogP contribution < -0.4 is 4.90 Å². The lowest BCUT2D eigenvalue weighted by Gasteiger charge is -2.31. The SMILES string of the molecule is Fc1cccc(Cc2cnc([C@@H]3CCCN(c4ncccn4)C3)o2)c1. The van der Waals surface area contributed by atoms with Crippen molar-refractivity contribution in [3.05, 3.63) is 72.0 Å². The number of anilines is 1. The molecule has 4 rings (SSSR count). The molecule has 0 spiro atoms. The number of halogens is 1. The van der Waals surface area contributed by atoms with Crippen LogP contribution in [0.4, 0.5) is 10.3 Å². The summed E-state index contributed by atoms with van der Waals surface area (Å²) < 4.78 is 19.3. The van der Waals surface area contributed by atoms with E-state index < -0.39 is 0 Å². The summed E-state index contributed by atoms with van der Waals surface area (Å²) in [4.78, 5) is 15.3. The van der Waals surface area contributed by atoms with Gasteiger partial charge in [-0.3, -0.25) is 0 Å². The first-order chi connectivity index (χ1) is 12.3. The molecule has 0 bridgehead atoms. The first kappa shape index (κ1) is 15.7. The van der Waals surface area contributed by atoms with Crippen LogP contribution in [0.2, 0.25) is 0 Å². The third-order valence-corrected chi connectivity index (χ3v) is 4.44. The maximum Gasteiger partial charge on any atom is 0.225 e. The summed E-state index contributed by atoms with van der Waals surface area (Å²) in [5.41, 5.74) is 0.880. The lowest BCUT2D eigenvalue weighted by atomic mass is 9.98. The summed E-state index contributed by atoms with van der Waals surface area (Å²) in [7, 11) is 0. The first-order valence-corrected chi connectivity index (χ1v) is 8.49. The molecule has 0 N–H and O–H groups in total. The molecule has 3 heterocycles. The molecule has 2 aromatic heterocycles. The van der Waals surface area contributed by atoms with Crippen molar-refractivity contribution >= 4 is 5.95 Å². The largest absolute Gasteiger partial charge is 0.445 e. The number of oxazole rings is 1. The molecule has 5 nitrogen and oxygen atoms in total. The Bertz CT molecular complexity index is 836. The second kappa shape index (κ2) is 7.01. The quantitative estimate of drug-likeness (QED) is 0.728. The van der Waals surface area contributed by atoms with E-state index in [1.807, 2.05) is 12.1 Å². The zero-order valence-corrected chi connectivity index (χ0v) is 13.8. The molecule has 0 amide bonds. The fourth-order valence-electron chi connectivity index (χ4n) is 3.26. The predicted octanol–water partition coefficient (Wildman–Crippen LogP) is 3.58. The van der Waals surface area contributed by atoms with Crippen LogP contribution in [0.1, 0.15) is 36.0 Å². The minimum absolute atomic E-state index is 0.221. The Balaban J connectivity index is 1.46. The Morgan fingerprint density at radius 2 is 2.04 bits per heavy atom. The molecule has 0 radical (unpaired) electrons. The molecule has 128 valence electrons. The molecule has 3 aromatic rings. The molecule has 1 aliphatic rings. The van der Waals surface area contributed by atoms with E-state index in [4.69, 9.17) is 4.42 Å². The summed E-state index contributed by atoms with van der Waals surface area (Å²) in [6, 6.07) is 8.38. The number of rotatable bonds is 4. The lowest BCUT2D eigenvalue weighted by Crippen LogP contribution is -2.35. The molecular weight excluding hydrogens is 319 g/mol. The molecule has 25 heavy (non-hydrogen) atoms. The predicted molar refractivity (Wildman–Crippen MR) is 91.9 cm³/mol. The van der Waals surface area contributed by atoms with Gasteiger partial charge in [-0.25, -0.2) is 19.3 Å². The monoisotopic (exact) mass is 338 g/mol. The number of nitrogens with zero attached hydrogens (tertiary/aromatic N) is 4. The molecule has 0 saturated carbocycles. The van der Waals surface area contributed by atoms with Gasteiger partial charge >= 0.3 is 0 Å². The summed E-state index contributed by atoms with van der Waals surface area (Å²) >= 11 is 0. The van der Waals surface area contributed by atoms with Crippen molar-refractivity contribution in [3.63, 3.8) is 0 Å². The van der Waals surface area contributed by atoms with Crippen LogP contribution in [0.3, 0.4) is 0 Å². The van der Waals surface area contributed by atoms with Gasteiger partial charge in [0.05, 0.1) is 12.1 Å². The highest BCUT2D eigenvalue weighted by Gasteiger charge is 2.26. The van der Waals surface area contributed by atoms with E-state index in [1.54, 1.807) is 24.7 Å². The van der Waals surface area contributed by atoms with E-state index in [-0.39, 0.29) is 11.7 Å². The maximum absolute atomic E-state index is 13.3. The third kappa shape index (κ3) is 3.68. The molecule has 0 unspecified atom stereocenters. The van der Waals surface area contributed by atoms with Crippen LogP contribution >= 0.6 is 0 Å². The molecule has 1 aliphatic heterocycles. The summed E-state index contributed by atoms with van der Waals surface area (Å²) in [6.07, 6.45) is 7.89. The second-order valence-corrected chi connectivity index (χ2v) is 6.31. The summed E-state index contributed by atoms with van der Waals surface area (Å²) in [5.74, 6) is 2.24.